The lowest BCUT2D eigenvalue weighted by atomic mass is 9.88. The topological polar surface area (TPSA) is 129 Å². The number of rotatable bonds is 8. The van der Waals surface area contributed by atoms with E-state index in [1.165, 1.54) is 29.3 Å². The SMILES string of the molecule is CCOC(=O)c1c(NC(=O)Cn2cnc3sc(C(=O)Nc4ccccc4OC)c(C)c3c2=O)sc2c1CCC(C)C2. The van der Waals surface area contributed by atoms with Gasteiger partial charge < -0.3 is 20.1 Å². The van der Waals surface area contributed by atoms with Crippen LogP contribution in [-0.2, 0) is 28.9 Å². The summed E-state index contributed by atoms with van der Waals surface area (Å²) in [6.07, 6.45) is 3.85. The zero-order valence-corrected chi connectivity index (χ0v) is 24.8. The standard InChI is InChI=1S/C29H30N4O6S2/c1-5-39-29(37)23-17-11-10-15(2)12-20(17)40-27(23)32-21(34)13-33-14-30-26-22(28(33)36)16(3)24(41-26)25(35)31-18-8-6-7-9-19(18)38-4/h6-9,14-15H,5,10-13H2,1-4H3,(H,31,35)(H,32,34). The summed E-state index contributed by atoms with van der Waals surface area (Å²) in [7, 11) is 1.52. The molecule has 214 valence electrons. The summed E-state index contributed by atoms with van der Waals surface area (Å²) in [6.45, 7) is 5.52. The molecule has 3 heterocycles. The minimum Gasteiger partial charge on any atom is -0.495 e. The van der Waals surface area contributed by atoms with Crippen LogP contribution in [0.3, 0.4) is 0 Å². The molecule has 41 heavy (non-hydrogen) atoms. The number of thiophene rings is 2. The Hall–Kier alpha value is -4.03. The number of hydrogen-bond donors (Lipinski definition) is 2. The maximum atomic E-state index is 13.4. The number of nitrogens with zero attached hydrogens (tertiary/aromatic N) is 2. The second-order valence-electron chi connectivity index (χ2n) is 9.89. The summed E-state index contributed by atoms with van der Waals surface area (Å²) in [6, 6.07) is 7.04. The summed E-state index contributed by atoms with van der Waals surface area (Å²) in [5, 5.41) is 6.39. The highest BCUT2D eigenvalue weighted by Crippen LogP contribution is 2.40. The Labute approximate surface area is 244 Å². The molecule has 0 spiro atoms. The van der Waals surface area contributed by atoms with Gasteiger partial charge in [-0.05, 0) is 62.3 Å². The molecule has 1 aromatic carbocycles. The predicted octanol–water partition coefficient (Wildman–Crippen LogP) is 5.03. The Bertz CT molecular complexity index is 1720. The fourth-order valence-electron chi connectivity index (χ4n) is 4.99. The number of methoxy groups -OCH3 is 1. The number of benzene rings is 1. The second-order valence-corrected chi connectivity index (χ2v) is 12.0. The van der Waals surface area contributed by atoms with Gasteiger partial charge in [0.05, 0.1) is 41.6 Å². The van der Waals surface area contributed by atoms with Crippen LogP contribution < -0.4 is 20.9 Å². The Morgan fingerprint density at radius 2 is 1.95 bits per heavy atom. The highest BCUT2D eigenvalue weighted by molar-refractivity contribution is 7.20. The fraction of sp³-hybridized carbons (Fsp3) is 0.345. The van der Waals surface area contributed by atoms with E-state index in [0.29, 0.717) is 43.2 Å². The number of ether oxygens (including phenoxy) is 2. The van der Waals surface area contributed by atoms with Crippen LogP contribution in [0, 0.1) is 12.8 Å². The molecular weight excluding hydrogens is 564 g/mol. The van der Waals surface area contributed by atoms with Crippen molar-refractivity contribution in [3.63, 3.8) is 0 Å². The van der Waals surface area contributed by atoms with Crippen molar-refractivity contribution in [2.24, 2.45) is 5.92 Å². The van der Waals surface area contributed by atoms with Crippen LogP contribution in [0.1, 0.15) is 56.3 Å². The number of aryl methyl sites for hydroxylation is 1. The molecule has 3 aromatic heterocycles. The van der Waals surface area contributed by atoms with E-state index in [1.54, 1.807) is 38.1 Å². The van der Waals surface area contributed by atoms with Gasteiger partial charge in [0, 0.05) is 4.88 Å². The molecule has 0 saturated heterocycles. The first-order valence-corrected chi connectivity index (χ1v) is 14.9. The zero-order chi connectivity index (χ0) is 29.3. The molecule has 1 unspecified atom stereocenters. The number of amides is 2. The van der Waals surface area contributed by atoms with Crippen molar-refractivity contribution in [3.05, 3.63) is 67.4 Å². The van der Waals surface area contributed by atoms with E-state index in [1.807, 2.05) is 0 Å². The Kier molecular flexibility index (Phi) is 8.22. The van der Waals surface area contributed by atoms with Crippen molar-refractivity contribution in [1.82, 2.24) is 9.55 Å². The normalized spacial score (nSPS) is 14.4. The minimum atomic E-state index is -0.465. The number of carbonyl (C=O) groups is 3. The molecule has 1 atom stereocenters. The van der Waals surface area contributed by atoms with E-state index in [9.17, 15) is 19.2 Å². The van der Waals surface area contributed by atoms with Gasteiger partial charge in [0.25, 0.3) is 11.5 Å². The maximum absolute atomic E-state index is 13.4. The molecule has 5 rings (SSSR count). The summed E-state index contributed by atoms with van der Waals surface area (Å²) >= 11 is 2.50. The number of aromatic nitrogens is 2. The number of para-hydroxylation sites is 2. The van der Waals surface area contributed by atoms with Gasteiger partial charge in [-0.15, -0.1) is 22.7 Å². The summed E-state index contributed by atoms with van der Waals surface area (Å²) in [4.78, 5) is 58.6. The largest absolute Gasteiger partial charge is 0.495 e. The Morgan fingerprint density at radius 3 is 2.71 bits per heavy atom. The van der Waals surface area contributed by atoms with E-state index in [0.717, 1.165) is 41.0 Å². The van der Waals surface area contributed by atoms with Gasteiger partial charge in [0.1, 0.15) is 22.1 Å². The average Bonchev–Trinajstić information content (AvgIpc) is 3.47. The van der Waals surface area contributed by atoms with Crippen LogP contribution in [0.25, 0.3) is 10.2 Å². The number of nitrogens with one attached hydrogen (secondary N) is 2. The van der Waals surface area contributed by atoms with Crippen LogP contribution in [0.15, 0.2) is 35.4 Å². The van der Waals surface area contributed by atoms with Gasteiger partial charge in [-0.1, -0.05) is 19.1 Å². The molecule has 0 bridgehead atoms. The number of carbonyl (C=O) groups excluding carboxylic acids is 3. The second kappa shape index (κ2) is 11.8. The highest BCUT2D eigenvalue weighted by Gasteiger charge is 2.29. The van der Waals surface area contributed by atoms with Crippen LogP contribution in [0.4, 0.5) is 10.7 Å². The van der Waals surface area contributed by atoms with Gasteiger partial charge in [0.15, 0.2) is 0 Å². The smallest absolute Gasteiger partial charge is 0.341 e. The molecular formula is C29H30N4O6S2. The van der Waals surface area contributed by atoms with E-state index in [-0.39, 0.29) is 24.4 Å². The van der Waals surface area contributed by atoms with Gasteiger partial charge >= 0.3 is 5.97 Å². The van der Waals surface area contributed by atoms with Gasteiger partial charge in [-0.3, -0.25) is 19.0 Å². The molecule has 2 amide bonds. The third-order valence-corrected chi connectivity index (χ3v) is 9.41. The van der Waals surface area contributed by atoms with Crippen LogP contribution in [-0.4, -0.2) is 41.1 Å². The summed E-state index contributed by atoms with van der Waals surface area (Å²) in [5.74, 6) is -0.304. The molecule has 0 saturated carbocycles. The van der Waals surface area contributed by atoms with E-state index < -0.39 is 17.4 Å². The molecule has 1 aliphatic carbocycles. The number of hydrogen-bond acceptors (Lipinski definition) is 9. The molecule has 0 aliphatic heterocycles. The first-order chi connectivity index (χ1) is 19.7. The third kappa shape index (κ3) is 5.62. The van der Waals surface area contributed by atoms with Crippen LogP contribution >= 0.6 is 22.7 Å². The molecule has 10 nitrogen and oxygen atoms in total. The van der Waals surface area contributed by atoms with Crippen molar-refractivity contribution in [2.75, 3.05) is 24.4 Å². The molecule has 0 radical (unpaired) electrons. The first kappa shape index (κ1) is 28.5. The predicted molar refractivity (Wildman–Crippen MR) is 160 cm³/mol. The van der Waals surface area contributed by atoms with Crippen LogP contribution in [0.2, 0.25) is 0 Å². The van der Waals surface area contributed by atoms with Crippen LogP contribution in [0.5, 0.6) is 5.75 Å². The molecule has 12 heteroatoms. The van der Waals surface area contributed by atoms with E-state index in [4.69, 9.17) is 9.47 Å². The Morgan fingerprint density at radius 1 is 1.17 bits per heavy atom. The molecule has 0 fully saturated rings. The monoisotopic (exact) mass is 594 g/mol. The maximum Gasteiger partial charge on any atom is 0.341 e. The Balaban J connectivity index is 1.39. The lowest BCUT2D eigenvalue weighted by Gasteiger charge is -2.18. The fourth-order valence-corrected chi connectivity index (χ4v) is 7.44. The van der Waals surface area contributed by atoms with Crippen molar-refractivity contribution in [1.29, 1.82) is 0 Å². The number of anilines is 2. The minimum absolute atomic E-state index is 0.229. The lowest BCUT2D eigenvalue weighted by molar-refractivity contribution is -0.116. The summed E-state index contributed by atoms with van der Waals surface area (Å²) < 4.78 is 11.8. The molecule has 2 N–H and O–H groups in total. The first-order valence-electron chi connectivity index (χ1n) is 13.3. The average molecular weight is 595 g/mol. The van der Waals surface area contributed by atoms with Crippen molar-refractivity contribution in [2.45, 2.75) is 46.6 Å². The van der Waals surface area contributed by atoms with Gasteiger partial charge in [0.2, 0.25) is 5.91 Å². The van der Waals surface area contributed by atoms with Crippen molar-refractivity contribution >= 4 is 61.4 Å². The quantitative estimate of drug-likeness (QED) is 0.274. The number of esters is 1. The van der Waals surface area contributed by atoms with Crippen molar-refractivity contribution in [3.8, 4) is 5.75 Å². The van der Waals surface area contributed by atoms with E-state index >= 15 is 0 Å². The summed E-state index contributed by atoms with van der Waals surface area (Å²) in [5.41, 5.74) is 1.91. The van der Waals surface area contributed by atoms with Gasteiger partial charge in [-0.25, -0.2) is 9.78 Å². The van der Waals surface area contributed by atoms with E-state index in [2.05, 4.69) is 22.5 Å². The zero-order valence-electron chi connectivity index (χ0n) is 23.2. The highest BCUT2D eigenvalue weighted by atomic mass is 32.1. The number of fused-ring (bicyclic) bond motifs is 2. The lowest BCUT2D eigenvalue weighted by Crippen LogP contribution is -2.28. The van der Waals surface area contributed by atoms with Crippen molar-refractivity contribution < 1.29 is 23.9 Å². The third-order valence-electron chi connectivity index (χ3n) is 7.04. The molecule has 1 aliphatic rings. The van der Waals surface area contributed by atoms with Gasteiger partial charge in [-0.2, -0.15) is 0 Å². The molecule has 4 aromatic rings.